The summed E-state index contributed by atoms with van der Waals surface area (Å²) in [4.78, 5) is 12.7. The lowest BCUT2D eigenvalue weighted by Crippen LogP contribution is -2.40. The lowest BCUT2D eigenvalue weighted by molar-refractivity contribution is -0.119. The van der Waals surface area contributed by atoms with Gasteiger partial charge in [-0.25, -0.2) is 13.8 Å². The molecule has 0 aliphatic heterocycles. The van der Waals surface area contributed by atoms with E-state index in [1.165, 1.54) is 18.3 Å². The molecular formula is C23H23N3O3S. The molecule has 0 saturated carbocycles. The lowest BCUT2D eigenvalue weighted by Gasteiger charge is -2.26. The Morgan fingerprint density at radius 3 is 2.23 bits per heavy atom. The van der Waals surface area contributed by atoms with Crippen molar-refractivity contribution < 1.29 is 13.2 Å². The Balaban J connectivity index is 1.89. The van der Waals surface area contributed by atoms with Crippen molar-refractivity contribution in [2.24, 2.45) is 5.10 Å². The smallest absolute Gasteiger partial charge is 0.264 e. The third-order valence-corrected chi connectivity index (χ3v) is 6.44. The number of hydrogen-bond acceptors (Lipinski definition) is 4. The highest BCUT2D eigenvalue weighted by Gasteiger charge is 2.28. The van der Waals surface area contributed by atoms with Gasteiger partial charge in [-0.15, -0.1) is 0 Å². The molecule has 0 heterocycles. The average molecular weight is 422 g/mol. The molecule has 1 N–H and O–H groups in total. The fourth-order valence-electron chi connectivity index (χ4n) is 2.91. The summed E-state index contributed by atoms with van der Waals surface area (Å²) in [6.45, 7) is 3.34. The predicted octanol–water partition coefficient (Wildman–Crippen LogP) is 3.65. The average Bonchev–Trinajstić information content (AvgIpc) is 2.75. The summed E-state index contributed by atoms with van der Waals surface area (Å²) in [6, 6.07) is 22.7. The van der Waals surface area contributed by atoms with Gasteiger partial charge in [0.05, 0.1) is 16.8 Å². The molecule has 0 unspecified atom stereocenters. The number of amides is 1. The van der Waals surface area contributed by atoms with Crippen LogP contribution in [-0.2, 0) is 14.8 Å². The van der Waals surface area contributed by atoms with Crippen LogP contribution in [0.3, 0.4) is 0 Å². The lowest BCUT2D eigenvalue weighted by atomic mass is 10.1. The Hall–Kier alpha value is -3.45. The van der Waals surface area contributed by atoms with E-state index >= 15 is 0 Å². The van der Waals surface area contributed by atoms with E-state index in [0.717, 1.165) is 21.0 Å². The van der Waals surface area contributed by atoms with Crippen molar-refractivity contribution in [3.63, 3.8) is 0 Å². The summed E-state index contributed by atoms with van der Waals surface area (Å²) in [5.41, 5.74) is 5.42. The number of nitrogens with one attached hydrogen (secondary N) is 1. The van der Waals surface area contributed by atoms with Gasteiger partial charge < -0.3 is 0 Å². The van der Waals surface area contributed by atoms with Crippen molar-refractivity contribution in [2.45, 2.75) is 18.7 Å². The van der Waals surface area contributed by atoms with Gasteiger partial charge >= 0.3 is 0 Å². The predicted molar refractivity (Wildman–Crippen MR) is 119 cm³/mol. The molecule has 1 amide bonds. The Morgan fingerprint density at radius 1 is 0.933 bits per heavy atom. The standard InChI is InChI=1S/C23H23N3O3S/c1-18-10-9-15-22(19(18)2)26(30(28,29)21-13-7-4-8-14-21)17-23(27)25-24-16-20-11-5-3-6-12-20/h3-16H,17H2,1-2H3,(H,25,27)/b24-16-. The highest BCUT2D eigenvalue weighted by molar-refractivity contribution is 7.92. The second-order valence-corrected chi connectivity index (χ2v) is 8.61. The van der Waals surface area contributed by atoms with Crippen LogP contribution in [0.1, 0.15) is 16.7 Å². The Bertz CT molecular complexity index is 1140. The van der Waals surface area contributed by atoms with Gasteiger partial charge in [0, 0.05) is 0 Å². The van der Waals surface area contributed by atoms with Crippen molar-refractivity contribution in [3.05, 3.63) is 95.6 Å². The number of nitrogens with zero attached hydrogens (tertiary/aromatic N) is 2. The number of hydrazone groups is 1. The zero-order chi connectivity index (χ0) is 21.6. The summed E-state index contributed by atoms with van der Waals surface area (Å²) in [5, 5.41) is 3.94. The monoisotopic (exact) mass is 421 g/mol. The molecule has 0 aromatic heterocycles. The van der Waals surface area contributed by atoms with Gasteiger partial charge in [-0.1, -0.05) is 60.7 Å². The minimum Gasteiger partial charge on any atom is -0.271 e. The number of benzene rings is 3. The normalized spacial score (nSPS) is 11.4. The van der Waals surface area contributed by atoms with E-state index in [1.807, 2.05) is 50.2 Å². The first-order chi connectivity index (χ1) is 14.4. The van der Waals surface area contributed by atoms with E-state index in [9.17, 15) is 13.2 Å². The fourth-order valence-corrected chi connectivity index (χ4v) is 4.41. The summed E-state index contributed by atoms with van der Waals surface area (Å²) >= 11 is 0. The summed E-state index contributed by atoms with van der Waals surface area (Å²) < 4.78 is 27.8. The topological polar surface area (TPSA) is 78.8 Å². The van der Waals surface area contributed by atoms with E-state index in [1.54, 1.807) is 30.3 Å². The van der Waals surface area contributed by atoms with E-state index in [0.29, 0.717) is 5.69 Å². The first-order valence-electron chi connectivity index (χ1n) is 9.40. The number of aryl methyl sites for hydroxylation is 1. The molecule has 3 aromatic rings. The van der Waals surface area contributed by atoms with Crippen molar-refractivity contribution in [2.75, 3.05) is 10.8 Å². The molecule has 0 fully saturated rings. The molecule has 0 aliphatic carbocycles. The maximum Gasteiger partial charge on any atom is 0.264 e. The minimum absolute atomic E-state index is 0.117. The molecule has 154 valence electrons. The fraction of sp³-hybridized carbons (Fsp3) is 0.130. The van der Waals surface area contributed by atoms with Gasteiger partial charge in [0.25, 0.3) is 15.9 Å². The van der Waals surface area contributed by atoms with Crippen LogP contribution < -0.4 is 9.73 Å². The van der Waals surface area contributed by atoms with E-state index in [4.69, 9.17) is 0 Å². The molecule has 3 rings (SSSR count). The second kappa shape index (κ2) is 9.37. The molecule has 7 heteroatoms. The molecule has 6 nitrogen and oxygen atoms in total. The van der Waals surface area contributed by atoms with E-state index < -0.39 is 22.5 Å². The van der Waals surface area contributed by atoms with Gasteiger partial charge in [0.15, 0.2) is 0 Å². The van der Waals surface area contributed by atoms with Crippen LogP contribution in [0.2, 0.25) is 0 Å². The molecule has 3 aromatic carbocycles. The van der Waals surface area contributed by atoms with Crippen LogP contribution in [0.25, 0.3) is 0 Å². The molecule has 0 atom stereocenters. The van der Waals surface area contributed by atoms with Gasteiger partial charge in [-0.2, -0.15) is 5.10 Å². The summed E-state index contributed by atoms with van der Waals surface area (Å²) in [6.07, 6.45) is 1.51. The van der Waals surface area contributed by atoms with E-state index in [2.05, 4.69) is 10.5 Å². The SMILES string of the molecule is Cc1cccc(N(CC(=O)N/N=C\c2ccccc2)S(=O)(=O)c2ccccc2)c1C. The number of hydrogen-bond donors (Lipinski definition) is 1. The van der Waals surface area contributed by atoms with Gasteiger partial charge in [-0.3, -0.25) is 9.10 Å². The van der Waals surface area contributed by atoms with E-state index in [-0.39, 0.29) is 4.90 Å². The molecule has 0 aliphatic rings. The first kappa shape index (κ1) is 21.3. The third-order valence-electron chi connectivity index (χ3n) is 4.67. The van der Waals surface area contributed by atoms with Crippen LogP contribution >= 0.6 is 0 Å². The van der Waals surface area contributed by atoms with Crippen LogP contribution in [0.5, 0.6) is 0 Å². The zero-order valence-electron chi connectivity index (χ0n) is 16.8. The Morgan fingerprint density at radius 2 is 1.57 bits per heavy atom. The van der Waals surface area contributed by atoms with Crippen molar-refractivity contribution in [3.8, 4) is 0 Å². The number of carbonyl (C=O) groups excluding carboxylic acids is 1. The van der Waals surface area contributed by atoms with Gasteiger partial charge in [-0.05, 0) is 48.7 Å². The van der Waals surface area contributed by atoms with Gasteiger partial charge in [0.2, 0.25) is 0 Å². The number of rotatable bonds is 7. The molecule has 30 heavy (non-hydrogen) atoms. The summed E-state index contributed by atoms with van der Waals surface area (Å²) in [5.74, 6) is -0.539. The molecule has 0 spiro atoms. The van der Waals surface area contributed by atoms with Crippen molar-refractivity contribution in [1.82, 2.24) is 5.43 Å². The maximum absolute atomic E-state index is 13.3. The highest BCUT2D eigenvalue weighted by atomic mass is 32.2. The first-order valence-corrected chi connectivity index (χ1v) is 10.8. The third kappa shape index (κ3) is 4.93. The number of sulfonamides is 1. The molecular weight excluding hydrogens is 398 g/mol. The zero-order valence-corrected chi connectivity index (χ0v) is 17.6. The molecule has 0 saturated heterocycles. The maximum atomic E-state index is 13.3. The quantitative estimate of drug-likeness (QED) is 0.467. The number of anilines is 1. The van der Waals surface area contributed by atoms with Crippen molar-refractivity contribution in [1.29, 1.82) is 0 Å². The van der Waals surface area contributed by atoms with Crippen LogP contribution in [0, 0.1) is 13.8 Å². The minimum atomic E-state index is -3.95. The number of carbonyl (C=O) groups is 1. The van der Waals surface area contributed by atoms with Gasteiger partial charge in [0.1, 0.15) is 6.54 Å². The van der Waals surface area contributed by atoms with Crippen LogP contribution in [0.4, 0.5) is 5.69 Å². The summed E-state index contributed by atoms with van der Waals surface area (Å²) in [7, 11) is -3.95. The van der Waals surface area contributed by atoms with Crippen molar-refractivity contribution >= 4 is 27.8 Å². The highest BCUT2D eigenvalue weighted by Crippen LogP contribution is 2.28. The largest absolute Gasteiger partial charge is 0.271 e. The van der Waals surface area contributed by atoms with Crippen LogP contribution in [-0.4, -0.2) is 27.1 Å². The van der Waals surface area contributed by atoms with Crippen LogP contribution in [0.15, 0.2) is 88.9 Å². The Labute approximate surface area is 176 Å². The second-order valence-electron chi connectivity index (χ2n) is 6.75. The molecule has 0 radical (unpaired) electrons. The molecule has 0 bridgehead atoms. The Kier molecular flexibility index (Phi) is 6.64.